The van der Waals surface area contributed by atoms with E-state index in [2.05, 4.69) is 36.3 Å². The smallest absolute Gasteiger partial charge is 0.242 e. The molecule has 1 aliphatic heterocycles. The molecule has 5 rings (SSSR count). The zero-order valence-corrected chi connectivity index (χ0v) is 18.1. The molecule has 3 heterocycles. The Morgan fingerprint density at radius 2 is 1.84 bits per heavy atom. The molecule has 32 heavy (non-hydrogen) atoms. The van der Waals surface area contributed by atoms with E-state index in [0.717, 1.165) is 28.2 Å². The van der Waals surface area contributed by atoms with Crippen molar-refractivity contribution in [3.63, 3.8) is 0 Å². The van der Waals surface area contributed by atoms with Crippen LogP contribution >= 0.6 is 0 Å². The lowest BCUT2D eigenvalue weighted by atomic mass is 9.97. The van der Waals surface area contributed by atoms with E-state index in [1.807, 2.05) is 60.3 Å². The maximum Gasteiger partial charge on any atom is 0.242 e. The summed E-state index contributed by atoms with van der Waals surface area (Å²) in [5.74, 6) is 0.660. The van der Waals surface area contributed by atoms with Crippen molar-refractivity contribution in [1.29, 1.82) is 0 Å². The average molecular weight is 425 g/mol. The van der Waals surface area contributed by atoms with Crippen molar-refractivity contribution in [3.05, 3.63) is 96.1 Å². The molecule has 6 heteroatoms. The van der Waals surface area contributed by atoms with Crippen LogP contribution in [0.25, 0.3) is 16.9 Å². The van der Waals surface area contributed by atoms with Gasteiger partial charge in [0.15, 0.2) is 0 Å². The van der Waals surface area contributed by atoms with Crippen LogP contribution in [0.1, 0.15) is 42.7 Å². The Balaban J connectivity index is 1.63. The lowest BCUT2D eigenvalue weighted by Crippen LogP contribution is -2.26. The van der Waals surface area contributed by atoms with Crippen LogP contribution in [0, 0.1) is 6.92 Å². The van der Waals surface area contributed by atoms with Gasteiger partial charge in [0, 0.05) is 30.2 Å². The quantitative estimate of drug-likeness (QED) is 0.423. The fourth-order valence-corrected chi connectivity index (χ4v) is 4.02. The molecule has 2 aromatic carbocycles. The first-order chi connectivity index (χ1) is 15.6. The van der Waals surface area contributed by atoms with Crippen molar-refractivity contribution in [2.75, 3.05) is 0 Å². The highest BCUT2D eigenvalue weighted by atomic mass is 16.3. The molecule has 0 spiro atoms. The molecule has 0 N–H and O–H groups in total. The van der Waals surface area contributed by atoms with Gasteiger partial charge in [0.2, 0.25) is 5.91 Å². The number of para-hydroxylation sites is 1. The normalized spacial score (nSPS) is 15.8. The minimum Gasteiger partial charge on any atom is -0.463 e. The Labute approximate surface area is 186 Å². The molecule has 0 unspecified atom stereocenters. The molecule has 0 bridgehead atoms. The first-order valence-corrected chi connectivity index (χ1v) is 10.8. The number of hydrogen-bond acceptors (Lipinski definition) is 4. The highest BCUT2D eigenvalue weighted by molar-refractivity contribution is 6.01. The third-order valence-corrected chi connectivity index (χ3v) is 5.72. The molecule has 2 aromatic heterocycles. The predicted molar refractivity (Wildman–Crippen MR) is 123 cm³/mol. The van der Waals surface area contributed by atoms with Gasteiger partial charge in [0.05, 0.1) is 23.7 Å². The van der Waals surface area contributed by atoms with Gasteiger partial charge in [-0.25, -0.2) is 9.69 Å². The van der Waals surface area contributed by atoms with Crippen LogP contribution in [0.4, 0.5) is 0 Å². The predicted octanol–water partition coefficient (Wildman–Crippen LogP) is 5.53. The maximum absolute atomic E-state index is 12.8. The number of aryl methyl sites for hydroxylation is 1. The number of carbonyl (C=O) groups excluding carboxylic acids is 1. The molecular formula is C26H24N4O2. The van der Waals surface area contributed by atoms with Crippen molar-refractivity contribution >= 4 is 11.6 Å². The molecular weight excluding hydrogens is 400 g/mol. The largest absolute Gasteiger partial charge is 0.463 e. The Morgan fingerprint density at radius 1 is 1.06 bits per heavy atom. The fourth-order valence-electron chi connectivity index (χ4n) is 4.02. The molecule has 160 valence electrons. The number of aromatic nitrogens is 2. The summed E-state index contributed by atoms with van der Waals surface area (Å²) in [4.78, 5) is 12.8. The summed E-state index contributed by atoms with van der Waals surface area (Å²) < 4.78 is 7.46. The number of carbonyl (C=O) groups is 1. The molecule has 1 amide bonds. The van der Waals surface area contributed by atoms with Crippen LogP contribution in [-0.4, -0.2) is 26.4 Å². The number of nitrogens with zero attached hydrogens (tertiary/aromatic N) is 4. The van der Waals surface area contributed by atoms with Gasteiger partial charge in [-0.15, -0.1) is 0 Å². The Bertz CT molecular complexity index is 1260. The Kier molecular flexibility index (Phi) is 5.19. The SMILES string of the molecule is CCC(=O)N1N=C(c2ccco2)C[C@H]1c1cn(-c2ccccc2)nc1-c1ccc(C)cc1. The van der Waals surface area contributed by atoms with Crippen LogP contribution < -0.4 is 0 Å². The van der Waals surface area contributed by atoms with Gasteiger partial charge < -0.3 is 4.42 Å². The van der Waals surface area contributed by atoms with E-state index in [9.17, 15) is 4.79 Å². The molecule has 4 aromatic rings. The van der Waals surface area contributed by atoms with Gasteiger partial charge in [-0.05, 0) is 31.2 Å². The highest BCUT2D eigenvalue weighted by Gasteiger charge is 2.36. The molecule has 0 aliphatic carbocycles. The van der Waals surface area contributed by atoms with Crippen LogP contribution in [0.2, 0.25) is 0 Å². The average Bonchev–Trinajstić information content (AvgIpc) is 3.58. The van der Waals surface area contributed by atoms with E-state index in [0.29, 0.717) is 18.6 Å². The maximum atomic E-state index is 12.8. The van der Waals surface area contributed by atoms with Crippen molar-refractivity contribution in [2.24, 2.45) is 5.10 Å². The van der Waals surface area contributed by atoms with Crippen LogP contribution in [0.3, 0.4) is 0 Å². The summed E-state index contributed by atoms with van der Waals surface area (Å²) in [6, 6.07) is 21.8. The molecule has 1 aliphatic rings. The van der Waals surface area contributed by atoms with Gasteiger partial charge in [-0.1, -0.05) is 55.0 Å². The van der Waals surface area contributed by atoms with Gasteiger partial charge in [0.25, 0.3) is 0 Å². The first-order valence-electron chi connectivity index (χ1n) is 10.8. The van der Waals surface area contributed by atoms with E-state index in [-0.39, 0.29) is 11.9 Å². The summed E-state index contributed by atoms with van der Waals surface area (Å²) in [6.07, 6.45) is 4.59. The highest BCUT2D eigenvalue weighted by Crippen LogP contribution is 2.38. The third-order valence-electron chi connectivity index (χ3n) is 5.72. The summed E-state index contributed by atoms with van der Waals surface area (Å²) >= 11 is 0. The van der Waals surface area contributed by atoms with E-state index in [4.69, 9.17) is 9.52 Å². The number of furan rings is 1. The summed E-state index contributed by atoms with van der Waals surface area (Å²) in [6.45, 7) is 3.92. The lowest BCUT2D eigenvalue weighted by molar-refractivity contribution is -0.132. The zero-order chi connectivity index (χ0) is 22.1. The minimum absolute atomic E-state index is 0.0288. The summed E-state index contributed by atoms with van der Waals surface area (Å²) in [5.41, 5.74) is 5.74. The van der Waals surface area contributed by atoms with Gasteiger partial charge in [-0.2, -0.15) is 10.2 Å². The van der Waals surface area contributed by atoms with Crippen molar-refractivity contribution < 1.29 is 9.21 Å². The standard InChI is InChI=1S/C26H24N4O2/c1-3-25(31)30-23(16-22(27-30)24-10-7-15-32-24)21-17-29(20-8-5-4-6-9-20)28-26(21)19-13-11-18(2)12-14-19/h4-15,17,23H,3,16H2,1-2H3/t23-/m0/s1. The number of benzene rings is 2. The van der Waals surface area contributed by atoms with Crippen LogP contribution in [0.5, 0.6) is 0 Å². The number of amides is 1. The molecule has 0 saturated heterocycles. The fraction of sp³-hybridized carbons (Fsp3) is 0.192. The van der Waals surface area contributed by atoms with E-state index in [1.54, 1.807) is 11.3 Å². The second kappa shape index (κ2) is 8.30. The summed E-state index contributed by atoms with van der Waals surface area (Å²) in [7, 11) is 0. The van der Waals surface area contributed by atoms with Crippen molar-refractivity contribution in [1.82, 2.24) is 14.8 Å². The second-order valence-electron chi connectivity index (χ2n) is 7.91. The van der Waals surface area contributed by atoms with E-state index >= 15 is 0 Å². The van der Waals surface area contributed by atoms with Gasteiger partial charge in [-0.3, -0.25) is 4.79 Å². The topological polar surface area (TPSA) is 63.6 Å². The molecule has 0 radical (unpaired) electrons. The number of rotatable bonds is 5. The molecule has 6 nitrogen and oxygen atoms in total. The summed E-state index contributed by atoms with van der Waals surface area (Å²) in [5, 5.41) is 11.2. The van der Waals surface area contributed by atoms with Gasteiger partial charge in [0.1, 0.15) is 11.5 Å². The Morgan fingerprint density at radius 3 is 2.53 bits per heavy atom. The molecule has 1 atom stereocenters. The van der Waals surface area contributed by atoms with Crippen LogP contribution in [0.15, 0.2) is 88.7 Å². The minimum atomic E-state index is -0.253. The van der Waals surface area contributed by atoms with Crippen LogP contribution in [-0.2, 0) is 4.79 Å². The van der Waals surface area contributed by atoms with E-state index in [1.165, 1.54) is 5.56 Å². The molecule has 0 fully saturated rings. The van der Waals surface area contributed by atoms with Gasteiger partial charge >= 0.3 is 0 Å². The van der Waals surface area contributed by atoms with Crippen molar-refractivity contribution in [2.45, 2.75) is 32.7 Å². The van der Waals surface area contributed by atoms with E-state index < -0.39 is 0 Å². The monoisotopic (exact) mass is 424 g/mol. The zero-order valence-electron chi connectivity index (χ0n) is 18.1. The van der Waals surface area contributed by atoms with Crippen molar-refractivity contribution in [3.8, 4) is 16.9 Å². The third kappa shape index (κ3) is 3.64. The Hall–Kier alpha value is -3.93. The number of hydrazone groups is 1. The first kappa shape index (κ1) is 20.0. The number of hydrogen-bond donors (Lipinski definition) is 0. The lowest BCUT2D eigenvalue weighted by Gasteiger charge is -2.21. The second-order valence-corrected chi connectivity index (χ2v) is 7.91. The molecule has 0 saturated carbocycles.